The van der Waals surface area contributed by atoms with E-state index in [2.05, 4.69) is 20.3 Å². The van der Waals surface area contributed by atoms with Gasteiger partial charge in [-0.05, 0) is 25.0 Å². The number of nitrogens with two attached hydrogens (primary N) is 1. The lowest BCUT2D eigenvalue weighted by Crippen LogP contribution is -2.14. The van der Waals surface area contributed by atoms with E-state index in [0.29, 0.717) is 30.7 Å². The Morgan fingerprint density at radius 2 is 2.23 bits per heavy atom. The lowest BCUT2D eigenvalue weighted by Gasteiger charge is -2.15. The zero-order chi connectivity index (χ0) is 18.7. The maximum atomic E-state index is 13.4. The third-order valence-corrected chi connectivity index (χ3v) is 4.20. The predicted molar refractivity (Wildman–Crippen MR) is 96.7 cm³/mol. The molecule has 0 aliphatic carbocycles. The number of aromatic nitrogens is 3. The molecule has 1 aliphatic heterocycles. The monoisotopic (exact) mass is 383 g/mol. The van der Waals surface area contributed by atoms with E-state index in [-0.39, 0.29) is 11.8 Å². The molecule has 1 saturated heterocycles. The summed E-state index contributed by atoms with van der Waals surface area (Å²) >= 11 is 0. The summed E-state index contributed by atoms with van der Waals surface area (Å²) in [7, 11) is 1.42. The second-order valence-corrected chi connectivity index (χ2v) is 6.87. The first-order valence-electron chi connectivity index (χ1n) is 8.07. The van der Waals surface area contributed by atoms with Gasteiger partial charge >= 0.3 is 0 Å². The molecule has 2 aromatic rings. The van der Waals surface area contributed by atoms with Gasteiger partial charge in [0, 0.05) is 24.9 Å². The maximum Gasteiger partial charge on any atom is 0.288 e. The topological polar surface area (TPSA) is 95.2 Å². The highest BCUT2D eigenvalue weighted by molar-refractivity contribution is 7.17. The molecule has 1 fully saturated rings. The van der Waals surface area contributed by atoms with Gasteiger partial charge in [0.15, 0.2) is 0 Å². The Balaban J connectivity index is 1.78. The van der Waals surface area contributed by atoms with Crippen molar-refractivity contribution in [2.24, 2.45) is 5.92 Å². The van der Waals surface area contributed by atoms with Crippen LogP contribution in [0.2, 0.25) is 0 Å². The number of hydrogen-bond donors (Lipinski definition) is 2. The van der Waals surface area contributed by atoms with Crippen molar-refractivity contribution in [1.82, 2.24) is 15.0 Å². The quantitative estimate of drug-likeness (QED) is 0.741. The molecule has 3 rings (SSSR count). The zero-order valence-corrected chi connectivity index (χ0v) is 15.4. The van der Waals surface area contributed by atoms with Crippen LogP contribution in [0.3, 0.4) is 0 Å². The summed E-state index contributed by atoms with van der Waals surface area (Å²) in [6.07, 6.45) is 3.62. The standard InChI is InChI=1S/C16H20F2N5O2P/c1-9-4-12(14(20-5-9)25-8-10-2-3-24-7-10)22-15-21-6-11(13(19)23-15)16(17,18)26/h4-6,10H,2-3,7-8,26H2,1H3,(H3,19,21,22,23). The number of pyridine rings is 1. The van der Waals surface area contributed by atoms with Crippen LogP contribution in [0.25, 0.3) is 0 Å². The fraction of sp³-hybridized carbons (Fsp3) is 0.438. The molecule has 0 spiro atoms. The van der Waals surface area contributed by atoms with Crippen LogP contribution in [0.1, 0.15) is 17.5 Å². The molecule has 140 valence electrons. The van der Waals surface area contributed by atoms with Gasteiger partial charge < -0.3 is 20.5 Å². The third kappa shape index (κ3) is 4.53. The first-order chi connectivity index (χ1) is 12.3. The first kappa shape index (κ1) is 18.7. The minimum absolute atomic E-state index is 0.0851. The zero-order valence-electron chi connectivity index (χ0n) is 14.2. The Bertz CT molecular complexity index is 782. The summed E-state index contributed by atoms with van der Waals surface area (Å²) in [5, 5.41) is 2.94. The second-order valence-electron chi connectivity index (χ2n) is 6.15. The molecule has 2 atom stereocenters. The minimum atomic E-state index is -3.19. The Morgan fingerprint density at radius 1 is 1.42 bits per heavy atom. The van der Waals surface area contributed by atoms with Gasteiger partial charge in [0.2, 0.25) is 11.8 Å². The molecular weight excluding hydrogens is 363 g/mol. The van der Waals surface area contributed by atoms with Crippen molar-refractivity contribution in [3.8, 4) is 5.88 Å². The van der Waals surface area contributed by atoms with Crippen molar-refractivity contribution in [2.75, 3.05) is 30.9 Å². The molecule has 1 aliphatic rings. The van der Waals surface area contributed by atoms with E-state index in [1.165, 1.54) is 9.24 Å². The fourth-order valence-electron chi connectivity index (χ4n) is 2.51. The summed E-state index contributed by atoms with van der Waals surface area (Å²) in [6.45, 7) is 3.76. The number of nitrogen functional groups attached to an aromatic ring is 1. The molecule has 3 N–H and O–H groups in total. The Morgan fingerprint density at radius 3 is 2.88 bits per heavy atom. The number of alkyl halides is 2. The largest absolute Gasteiger partial charge is 0.476 e. The van der Waals surface area contributed by atoms with Crippen LogP contribution >= 0.6 is 9.24 Å². The predicted octanol–water partition coefficient (Wildman–Crippen LogP) is 2.85. The molecule has 3 heterocycles. The molecular formula is C16H20F2N5O2P. The van der Waals surface area contributed by atoms with Crippen molar-refractivity contribution >= 4 is 26.7 Å². The Labute approximate surface area is 151 Å². The van der Waals surface area contributed by atoms with E-state index in [1.807, 2.05) is 13.0 Å². The van der Waals surface area contributed by atoms with Crippen LogP contribution < -0.4 is 15.8 Å². The van der Waals surface area contributed by atoms with E-state index >= 15 is 0 Å². The highest BCUT2D eigenvalue weighted by atomic mass is 31.0. The van der Waals surface area contributed by atoms with Gasteiger partial charge in [-0.25, -0.2) is 9.97 Å². The number of anilines is 3. The van der Waals surface area contributed by atoms with E-state index in [4.69, 9.17) is 15.2 Å². The molecule has 0 aromatic carbocycles. The molecule has 0 saturated carbocycles. The third-order valence-electron chi connectivity index (χ3n) is 3.89. The van der Waals surface area contributed by atoms with Crippen LogP contribution in [0.5, 0.6) is 5.88 Å². The summed E-state index contributed by atoms with van der Waals surface area (Å²) in [5.74, 6) is 0.488. The smallest absolute Gasteiger partial charge is 0.288 e. The van der Waals surface area contributed by atoms with Crippen LogP contribution in [-0.4, -0.2) is 34.8 Å². The van der Waals surface area contributed by atoms with Gasteiger partial charge in [0.05, 0.1) is 18.8 Å². The van der Waals surface area contributed by atoms with Gasteiger partial charge in [-0.15, -0.1) is 0 Å². The second kappa shape index (κ2) is 7.63. The van der Waals surface area contributed by atoms with Crippen molar-refractivity contribution < 1.29 is 18.3 Å². The molecule has 10 heteroatoms. The van der Waals surface area contributed by atoms with Crippen LogP contribution in [0, 0.1) is 12.8 Å². The molecule has 0 radical (unpaired) electrons. The van der Waals surface area contributed by atoms with Gasteiger partial charge in [0.1, 0.15) is 11.5 Å². The average molecular weight is 383 g/mol. The Kier molecular flexibility index (Phi) is 5.48. The van der Waals surface area contributed by atoms with Crippen molar-refractivity contribution in [3.05, 3.63) is 29.6 Å². The van der Waals surface area contributed by atoms with Gasteiger partial charge in [-0.1, -0.05) is 9.24 Å². The first-order valence-corrected chi connectivity index (χ1v) is 8.64. The number of aryl methyl sites for hydroxylation is 1. The van der Waals surface area contributed by atoms with E-state index < -0.39 is 11.2 Å². The van der Waals surface area contributed by atoms with E-state index in [0.717, 1.165) is 24.8 Å². The highest BCUT2D eigenvalue weighted by Crippen LogP contribution is 2.37. The number of nitrogens with one attached hydrogen (secondary N) is 1. The average Bonchev–Trinajstić information content (AvgIpc) is 3.06. The molecule has 2 unspecified atom stereocenters. The maximum absolute atomic E-state index is 13.4. The van der Waals surface area contributed by atoms with Crippen LogP contribution in [0.4, 0.5) is 26.2 Å². The minimum Gasteiger partial charge on any atom is -0.476 e. The molecule has 0 bridgehead atoms. The number of hydrogen-bond acceptors (Lipinski definition) is 7. The summed E-state index contributed by atoms with van der Waals surface area (Å²) in [5.41, 5.74) is 3.41. The van der Waals surface area contributed by atoms with Gasteiger partial charge in [0.25, 0.3) is 5.66 Å². The van der Waals surface area contributed by atoms with E-state index in [1.54, 1.807) is 6.20 Å². The van der Waals surface area contributed by atoms with Crippen molar-refractivity contribution in [3.63, 3.8) is 0 Å². The molecule has 0 amide bonds. The molecule has 2 aromatic heterocycles. The number of rotatable bonds is 6. The molecule has 7 nitrogen and oxygen atoms in total. The highest BCUT2D eigenvalue weighted by Gasteiger charge is 2.29. The van der Waals surface area contributed by atoms with Crippen LogP contribution in [-0.2, 0) is 10.4 Å². The fourth-order valence-corrected chi connectivity index (χ4v) is 2.73. The SMILES string of the molecule is Cc1cnc(OCC2CCOC2)c(Nc2ncc(C(F)(F)P)c(N)n2)c1. The van der Waals surface area contributed by atoms with Crippen molar-refractivity contribution in [1.29, 1.82) is 0 Å². The summed E-state index contributed by atoms with van der Waals surface area (Å²) < 4.78 is 37.9. The number of halogens is 2. The van der Waals surface area contributed by atoms with E-state index in [9.17, 15) is 8.78 Å². The van der Waals surface area contributed by atoms with Crippen LogP contribution in [0.15, 0.2) is 18.5 Å². The van der Waals surface area contributed by atoms with Crippen molar-refractivity contribution in [2.45, 2.75) is 19.0 Å². The summed E-state index contributed by atoms with van der Waals surface area (Å²) in [6, 6.07) is 1.81. The van der Waals surface area contributed by atoms with Gasteiger partial charge in [-0.3, -0.25) is 0 Å². The normalized spacial score (nSPS) is 17.3. The lowest BCUT2D eigenvalue weighted by molar-refractivity contribution is 0.104. The summed E-state index contributed by atoms with van der Waals surface area (Å²) in [4.78, 5) is 12.1. The molecule has 26 heavy (non-hydrogen) atoms. The lowest BCUT2D eigenvalue weighted by atomic mass is 10.1. The number of nitrogens with zero attached hydrogens (tertiary/aromatic N) is 3. The van der Waals surface area contributed by atoms with Gasteiger partial charge in [-0.2, -0.15) is 13.8 Å². The number of ether oxygens (including phenoxy) is 2. The Hall–Kier alpha value is -2.12.